The molecule has 1 unspecified atom stereocenters. The maximum absolute atomic E-state index is 14.2. The molecular weight excluding hydrogens is 569 g/mol. The maximum Gasteiger partial charge on any atom is 0.309 e. The van der Waals surface area contributed by atoms with Crippen LogP contribution in [0.3, 0.4) is 0 Å². The molecule has 1 aliphatic heterocycles. The molecule has 3 aromatic carbocycles. The number of fused-ring (bicyclic) bond motifs is 1. The molecule has 42 heavy (non-hydrogen) atoms. The van der Waals surface area contributed by atoms with Crippen LogP contribution in [-0.4, -0.2) is 52.9 Å². The van der Waals surface area contributed by atoms with Crippen LogP contribution < -0.4 is 0 Å². The van der Waals surface area contributed by atoms with Crippen LogP contribution in [0.15, 0.2) is 112 Å². The van der Waals surface area contributed by atoms with Crippen molar-refractivity contribution in [1.82, 2.24) is 8.87 Å². The molecule has 1 aromatic heterocycles. The first-order valence-corrected chi connectivity index (χ1v) is 17.0. The van der Waals surface area contributed by atoms with E-state index < -0.39 is 26.9 Å². The fourth-order valence-corrected chi connectivity index (χ4v) is 8.32. The zero-order chi connectivity index (χ0) is 29.7. The summed E-state index contributed by atoms with van der Waals surface area (Å²) in [6.45, 7) is 5.26. The molecule has 220 valence electrons. The van der Waals surface area contributed by atoms with Crippen molar-refractivity contribution in [3.8, 4) is 0 Å². The maximum atomic E-state index is 14.2. The minimum atomic E-state index is -3.96. The quantitative estimate of drug-likeness (QED) is 0.155. The van der Waals surface area contributed by atoms with Crippen molar-refractivity contribution in [3.63, 3.8) is 0 Å². The van der Waals surface area contributed by atoms with Crippen molar-refractivity contribution in [2.75, 3.05) is 25.4 Å². The Labute approximate surface area is 250 Å². The van der Waals surface area contributed by atoms with Crippen molar-refractivity contribution >= 4 is 37.7 Å². The van der Waals surface area contributed by atoms with Gasteiger partial charge in [-0.3, -0.25) is 13.9 Å². The second-order valence-corrected chi connectivity index (χ2v) is 13.7. The van der Waals surface area contributed by atoms with Gasteiger partial charge in [0.25, 0.3) is 10.0 Å². The Morgan fingerprint density at radius 2 is 1.62 bits per heavy atom. The molecule has 1 aliphatic rings. The van der Waals surface area contributed by atoms with Gasteiger partial charge >= 0.3 is 5.97 Å². The Kier molecular flexibility index (Phi) is 9.40. The largest absolute Gasteiger partial charge is 0.466 e. The normalized spacial score (nSPS) is 18.5. The van der Waals surface area contributed by atoms with Gasteiger partial charge in [-0.25, -0.2) is 12.4 Å². The summed E-state index contributed by atoms with van der Waals surface area (Å²) in [5, 5.41) is 0.803. The standard InChI is InChI=1S/C33H36N2O5S2/c1-3-25-24-34(19-20-41(37)28-14-7-5-8-15-28)31(22-27(25)23-33(36)40-4-2)32-21-26-13-11-12-18-30(26)35(32)42(38,39)29-16-9-6-10-17-29/h5-18,21-22,25,31H,3-4,19-20,23-24H2,1-2H3/t25-,31+,41?/m1/s1. The first kappa shape index (κ1) is 29.9. The molecule has 0 fully saturated rings. The fraction of sp³-hybridized carbons (Fsp3) is 0.303. The van der Waals surface area contributed by atoms with Crippen molar-refractivity contribution in [2.45, 2.75) is 42.5 Å². The van der Waals surface area contributed by atoms with Gasteiger partial charge < -0.3 is 4.74 Å². The monoisotopic (exact) mass is 604 g/mol. The van der Waals surface area contributed by atoms with E-state index in [1.54, 1.807) is 37.3 Å². The summed E-state index contributed by atoms with van der Waals surface area (Å²) in [5.74, 6) is 0.181. The highest BCUT2D eigenvalue weighted by Gasteiger charge is 2.35. The Morgan fingerprint density at radius 3 is 2.31 bits per heavy atom. The number of carbonyl (C=O) groups excluding carboxylic acids is 1. The van der Waals surface area contributed by atoms with Gasteiger partial charge in [-0.15, -0.1) is 0 Å². The molecule has 4 aromatic rings. The Morgan fingerprint density at radius 1 is 0.952 bits per heavy atom. The van der Waals surface area contributed by atoms with Crippen LogP contribution in [0, 0.1) is 5.92 Å². The zero-order valence-electron chi connectivity index (χ0n) is 23.9. The van der Waals surface area contributed by atoms with Crippen molar-refractivity contribution in [1.29, 1.82) is 0 Å². The minimum absolute atomic E-state index is 0.0828. The van der Waals surface area contributed by atoms with E-state index in [0.717, 1.165) is 22.3 Å². The Balaban J connectivity index is 1.63. The molecule has 9 heteroatoms. The summed E-state index contributed by atoms with van der Waals surface area (Å²) in [6.07, 6.45) is 2.99. The van der Waals surface area contributed by atoms with E-state index in [1.807, 2.05) is 66.7 Å². The van der Waals surface area contributed by atoms with Crippen LogP contribution in [0.1, 0.15) is 38.4 Å². The number of aromatic nitrogens is 1. The number of rotatable bonds is 11. The van der Waals surface area contributed by atoms with Crippen molar-refractivity contribution in [2.24, 2.45) is 5.92 Å². The second-order valence-electron chi connectivity index (χ2n) is 10.3. The van der Waals surface area contributed by atoms with E-state index in [-0.39, 0.29) is 23.2 Å². The summed E-state index contributed by atoms with van der Waals surface area (Å²) in [7, 11) is -5.18. The molecular formula is C33H36N2O5S2. The lowest BCUT2D eigenvalue weighted by atomic mass is 9.86. The third-order valence-corrected chi connectivity index (χ3v) is 10.8. The van der Waals surface area contributed by atoms with E-state index in [0.29, 0.717) is 36.7 Å². The van der Waals surface area contributed by atoms with Gasteiger partial charge in [0.15, 0.2) is 0 Å². The summed E-state index contributed by atoms with van der Waals surface area (Å²) >= 11 is 0. The summed E-state index contributed by atoms with van der Waals surface area (Å²) in [6, 6.07) is 26.7. The molecule has 0 spiro atoms. The van der Waals surface area contributed by atoms with Gasteiger partial charge in [-0.05, 0) is 55.7 Å². The lowest BCUT2D eigenvalue weighted by Crippen LogP contribution is -2.41. The average Bonchev–Trinajstić information content (AvgIpc) is 3.41. The molecule has 0 saturated carbocycles. The van der Waals surface area contributed by atoms with Crippen LogP contribution in [-0.2, 0) is 30.4 Å². The molecule has 7 nitrogen and oxygen atoms in total. The molecule has 0 amide bonds. The van der Waals surface area contributed by atoms with Gasteiger partial charge in [-0.2, -0.15) is 0 Å². The topological polar surface area (TPSA) is 85.7 Å². The first-order chi connectivity index (χ1) is 20.3. The highest BCUT2D eigenvalue weighted by molar-refractivity contribution is 7.90. The van der Waals surface area contributed by atoms with Crippen LogP contribution in [0.25, 0.3) is 10.9 Å². The predicted octanol–water partition coefficient (Wildman–Crippen LogP) is 5.95. The zero-order valence-corrected chi connectivity index (χ0v) is 25.5. The number of carbonyl (C=O) groups is 1. The Bertz CT molecular complexity index is 1700. The summed E-state index contributed by atoms with van der Waals surface area (Å²) < 4.78 is 48.3. The van der Waals surface area contributed by atoms with E-state index >= 15 is 0 Å². The van der Waals surface area contributed by atoms with Gasteiger partial charge in [0.05, 0.1) is 46.0 Å². The number of hydrogen-bond donors (Lipinski definition) is 0. The van der Waals surface area contributed by atoms with Crippen LogP contribution in [0.5, 0.6) is 0 Å². The third-order valence-electron chi connectivity index (χ3n) is 7.74. The number of ether oxygens (including phenoxy) is 1. The molecule has 0 N–H and O–H groups in total. The van der Waals surface area contributed by atoms with E-state index in [4.69, 9.17) is 4.74 Å². The predicted molar refractivity (Wildman–Crippen MR) is 166 cm³/mol. The molecule has 0 radical (unpaired) electrons. The fourth-order valence-electron chi connectivity index (χ4n) is 5.65. The second kappa shape index (κ2) is 13.2. The molecule has 0 saturated heterocycles. The highest BCUT2D eigenvalue weighted by Crippen LogP contribution is 2.38. The van der Waals surface area contributed by atoms with Crippen LogP contribution in [0.2, 0.25) is 0 Å². The molecule has 2 heterocycles. The minimum Gasteiger partial charge on any atom is -0.466 e. The highest BCUT2D eigenvalue weighted by atomic mass is 32.2. The lowest BCUT2D eigenvalue weighted by Gasteiger charge is -2.39. The van der Waals surface area contributed by atoms with Crippen LogP contribution >= 0.6 is 0 Å². The van der Waals surface area contributed by atoms with Gasteiger partial charge in [0.2, 0.25) is 0 Å². The number of hydrogen-bond acceptors (Lipinski definition) is 6. The van der Waals surface area contributed by atoms with E-state index in [2.05, 4.69) is 11.8 Å². The van der Waals surface area contributed by atoms with Gasteiger partial charge in [0.1, 0.15) is 0 Å². The van der Waals surface area contributed by atoms with E-state index in [1.165, 1.54) is 3.97 Å². The summed E-state index contributed by atoms with van der Waals surface area (Å²) in [5.41, 5.74) is 2.11. The SMILES string of the molecule is CCOC(=O)CC1=C[C@@H](c2cc3ccccc3n2S(=O)(=O)c2ccccc2)N(CCS(=O)c2ccccc2)C[C@H]1CC. The number of nitrogens with zero attached hydrogens (tertiary/aromatic N) is 2. The van der Waals surface area contributed by atoms with E-state index in [9.17, 15) is 17.4 Å². The lowest BCUT2D eigenvalue weighted by molar-refractivity contribution is -0.142. The molecule has 0 bridgehead atoms. The average molecular weight is 605 g/mol. The molecule has 0 aliphatic carbocycles. The number of para-hydroxylation sites is 1. The first-order valence-electron chi connectivity index (χ1n) is 14.3. The van der Waals surface area contributed by atoms with Crippen LogP contribution in [0.4, 0.5) is 0 Å². The van der Waals surface area contributed by atoms with Gasteiger partial charge in [0, 0.05) is 29.1 Å². The van der Waals surface area contributed by atoms with Gasteiger partial charge in [-0.1, -0.05) is 73.2 Å². The smallest absolute Gasteiger partial charge is 0.309 e. The Hall–Kier alpha value is -3.53. The summed E-state index contributed by atoms with van der Waals surface area (Å²) in [4.78, 5) is 15.8. The number of esters is 1. The van der Waals surface area contributed by atoms with Crippen molar-refractivity contribution < 1.29 is 22.2 Å². The molecule has 3 atom stereocenters. The van der Waals surface area contributed by atoms with Crippen molar-refractivity contribution in [3.05, 3.63) is 108 Å². The molecule has 5 rings (SSSR count). The third kappa shape index (κ3) is 6.28. The number of benzene rings is 3.